The SMILES string of the molecule is CC[C@H](C(=O)NCC(C)C)N(Cc1ccc(F)cc1)C(=O)CN(c1ccc(C(C)C)cc1)S(C)(=O)=O. The van der Waals surface area contributed by atoms with Crippen LogP contribution in [0.5, 0.6) is 0 Å². The number of hydrogen-bond donors (Lipinski definition) is 1. The minimum absolute atomic E-state index is 0.0383. The second-order valence-corrected chi connectivity index (χ2v) is 11.6. The van der Waals surface area contributed by atoms with Gasteiger partial charge in [0.2, 0.25) is 21.8 Å². The predicted octanol–water partition coefficient (Wildman–Crippen LogP) is 4.29. The van der Waals surface area contributed by atoms with Crippen molar-refractivity contribution in [2.24, 2.45) is 5.92 Å². The van der Waals surface area contributed by atoms with E-state index in [4.69, 9.17) is 0 Å². The van der Waals surface area contributed by atoms with Gasteiger partial charge < -0.3 is 10.2 Å². The first-order valence-electron chi connectivity index (χ1n) is 12.2. The summed E-state index contributed by atoms with van der Waals surface area (Å²) in [6, 6.07) is 11.9. The Balaban J connectivity index is 2.41. The number of halogens is 1. The van der Waals surface area contributed by atoms with Crippen molar-refractivity contribution in [3.05, 3.63) is 65.5 Å². The first-order chi connectivity index (χ1) is 16.8. The van der Waals surface area contributed by atoms with Crippen molar-refractivity contribution < 1.29 is 22.4 Å². The van der Waals surface area contributed by atoms with Crippen molar-refractivity contribution in [3.63, 3.8) is 0 Å². The molecule has 0 aliphatic heterocycles. The summed E-state index contributed by atoms with van der Waals surface area (Å²) in [5.41, 5.74) is 2.05. The minimum atomic E-state index is -3.80. The van der Waals surface area contributed by atoms with Gasteiger partial charge in [0.25, 0.3) is 0 Å². The Morgan fingerprint density at radius 2 is 1.56 bits per heavy atom. The van der Waals surface area contributed by atoms with Gasteiger partial charge in [-0.15, -0.1) is 0 Å². The lowest BCUT2D eigenvalue weighted by atomic mass is 10.0. The van der Waals surface area contributed by atoms with Gasteiger partial charge in [-0.3, -0.25) is 13.9 Å². The maximum atomic E-state index is 13.6. The fraction of sp³-hybridized carbons (Fsp3) is 0.481. The first-order valence-corrected chi connectivity index (χ1v) is 14.1. The van der Waals surface area contributed by atoms with Crippen molar-refractivity contribution in [3.8, 4) is 0 Å². The van der Waals surface area contributed by atoms with Gasteiger partial charge >= 0.3 is 0 Å². The number of carbonyl (C=O) groups is 2. The topological polar surface area (TPSA) is 86.8 Å². The zero-order valence-corrected chi connectivity index (χ0v) is 22.8. The van der Waals surface area contributed by atoms with Gasteiger partial charge in [-0.05, 0) is 53.6 Å². The molecule has 0 bridgehead atoms. The molecule has 7 nitrogen and oxygen atoms in total. The molecular formula is C27H38FN3O4S. The number of nitrogens with zero attached hydrogens (tertiary/aromatic N) is 2. The molecule has 0 fully saturated rings. The maximum Gasteiger partial charge on any atom is 0.244 e. The molecule has 2 amide bonds. The highest BCUT2D eigenvalue weighted by Crippen LogP contribution is 2.23. The zero-order valence-electron chi connectivity index (χ0n) is 22.0. The third-order valence-corrected chi connectivity index (χ3v) is 7.00. The lowest BCUT2D eigenvalue weighted by Gasteiger charge is -2.33. The number of nitrogens with one attached hydrogen (secondary N) is 1. The summed E-state index contributed by atoms with van der Waals surface area (Å²) >= 11 is 0. The second-order valence-electron chi connectivity index (χ2n) is 9.73. The molecule has 0 radical (unpaired) electrons. The van der Waals surface area contributed by atoms with Crippen LogP contribution < -0.4 is 9.62 Å². The summed E-state index contributed by atoms with van der Waals surface area (Å²) in [5.74, 6) is -0.750. The number of rotatable bonds is 12. The molecule has 1 atom stereocenters. The third kappa shape index (κ3) is 8.33. The summed E-state index contributed by atoms with van der Waals surface area (Å²) in [4.78, 5) is 28.0. The van der Waals surface area contributed by atoms with Crippen LogP contribution in [0.25, 0.3) is 0 Å². The van der Waals surface area contributed by atoms with E-state index in [-0.39, 0.29) is 24.3 Å². The molecule has 36 heavy (non-hydrogen) atoms. The monoisotopic (exact) mass is 519 g/mol. The Hall–Kier alpha value is -2.94. The number of sulfonamides is 1. The summed E-state index contributed by atoms with van der Waals surface area (Å²) in [7, 11) is -3.80. The average molecular weight is 520 g/mol. The van der Waals surface area contributed by atoms with Crippen LogP contribution in [0.15, 0.2) is 48.5 Å². The van der Waals surface area contributed by atoms with Crippen LogP contribution in [0.4, 0.5) is 10.1 Å². The van der Waals surface area contributed by atoms with Crippen LogP contribution in [0, 0.1) is 11.7 Å². The van der Waals surface area contributed by atoms with E-state index in [9.17, 15) is 22.4 Å². The van der Waals surface area contributed by atoms with Gasteiger partial charge in [0, 0.05) is 13.1 Å². The number of benzene rings is 2. The van der Waals surface area contributed by atoms with Crippen molar-refractivity contribution in [1.82, 2.24) is 10.2 Å². The van der Waals surface area contributed by atoms with E-state index in [1.54, 1.807) is 31.2 Å². The summed E-state index contributed by atoms with van der Waals surface area (Å²) < 4.78 is 39.9. The van der Waals surface area contributed by atoms with Gasteiger partial charge in [0.15, 0.2) is 0 Å². The van der Waals surface area contributed by atoms with Gasteiger partial charge in [0.05, 0.1) is 11.9 Å². The van der Waals surface area contributed by atoms with Crippen LogP contribution in [0.1, 0.15) is 58.1 Å². The Morgan fingerprint density at radius 1 is 0.972 bits per heavy atom. The van der Waals surface area contributed by atoms with Gasteiger partial charge in [-0.25, -0.2) is 12.8 Å². The van der Waals surface area contributed by atoms with Crippen LogP contribution in [0.2, 0.25) is 0 Å². The van der Waals surface area contributed by atoms with E-state index in [0.29, 0.717) is 24.2 Å². The lowest BCUT2D eigenvalue weighted by molar-refractivity contribution is -0.140. The highest BCUT2D eigenvalue weighted by Gasteiger charge is 2.31. The van der Waals surface area contributed by atoms with E-state index in [2.05, 4.69) is 5.32 Å². The second kappa shape index (κ2) is 12.9. The van der Waals surface area contributed by atoms with Gasteiger partial charge in [-0.2, -0.15) is 0 Å². The van der Waals surface area contributed by atoms with Crippen LogP contribution >= 0.6 is 0 Å². The molecule has 1 N–H and O–H groups in total. The molecule has 198 valence electrons. The van der Waals surface area contributed by atoms with E-state index < -0.39 is 34.3 Å². The molecule has 9 heteroatoms. The molecule has 2 rings (SSSR count). The van der Waals surface area contributed by atoms with Crippen molar-refractivity contribution in [1.29, 1.82) is 0 Å². The molecule has 2 aromatic carbocycles. The quantitative estimate of drug-likeness (QED) is 0.453. The maximum absolute atomic E-state index is 13.6. The third-order valence-electron chi connectivity index (χ3n) is 5.86. The molecule has 0 aromatic heterocycles. The van der Waals surface area contributed by atoms with Crippen molar-refractivity contribution in [2.75, 3.05) is 23.7 Å². The molecular weight excluding hydrogens is 481 g/mol. The molecule has 0 spiro atoms. The molecule has 0 heterocycles. The minimum Gasteiger partial charge on any atom is -0.354 e. The summed E-state index contributed by atoms with van der Waals surface area (Å²) in [5, 5.41) is 2.87. The number of hydrogen-bond acceptors (Lipinski definition) is 4. The Labute approximate surface area is 214 Å². The van der Waals surface area contributed by atoms with Crippen molar-refractivity contribution >= 4 is 27.5 Å². The average Bonchev–Trinajstić information content (AvgIpc) is 2.81. The Bertz CT molecular complexity index is 1120. The largest absolute Gasteiger partial charge is 0.354 e. The Kier molecular flexibility index (Phi) is 10.5. The Morgan fingerprint density at radius 3 is 2.03 bits per heavy atom. The van der Waals surface area contributed by atoms with Crippen LogP contribution in [-0.2, 0) is 26.2 Å². The standard InChI is InChI=1S/C27H38FN3O4S/c1-7-25(27(33)29-16-19(2)3)30(17-21-8-12-23(28)13-9-21)26(32)18-31(36(6,34)35)24-14-10-22(11-15-24)20(4)5/h8-15,19-20,25H,7,16-18H2,1-6H3,(H,29,33)/t25-/m1/s1. The normalized spacial score (nSPS) is 12.5. The first kappa shape index (κ1) is 29.3. The van der Waals surface area contributed by atoms with E-state index in [1.807, 2.05) is 39.8 Å². The van der Waals surface area contributed by atoms with Crippen LogP contribution in [-0.4, -0.2) is 50.5 Å². The highest BCUT2D eigenvalue weighted by atomic mass is 32.2. The molecule has 0 saturated heterocycles. The predicted molar refractivity (Wildman–Crippen MR) is 142 cm³/mol. The number of carbonyl (C=O) groups excluding carboxylic acids is 2. The van der Waals surface area contributed by atoms with Crippen molar-refractivity contribution in [2.45, 2.75) is 59.5 Å². The van der Waals surface area contributed by atoms with Gasteiger partial charge in [-0.1, -0.05) is 58.9 Å². The number of anilines is 1. The summed E-state index contributed by atoms with van der Waals surface area (Å²) in [6.07, 6.45) is 1.38. The zero-order chi connectivity index (χ0) is 27.0. The highest BCUT2D eigenvalue weighted by molar-refractivity contribution is 7.92. The smallest absolute Gasteiger partial charge is 0.244 e. The molecule has 0 unspecified atom stereocenters. The van der Waals surface area contributed by atoms with E-state index in [0.717, 1.165) is 16.1 Å². The lowest BCUT2D eigenvalue weighted by Crippen LogP contribution is -2.52. The fourth-order valence-corrected chi connectivity index (χ4v) is 4.62. The molecule has 2 aromatic rings. The molecule has 0 aliphatic carbocycles. The van der Waals surface area contributed by atoms with E-state index >= 15 is 0 Å². The molecule has 0 aliphatic rings. The molecule has 0 saturated carbocycles. The van der Waals surface area contributed by atoms with Crippen LogP contribution in [0.3, 0.4) is 0 Å². The summed E-state index contributed by atoms with van der Waals surface area (Å²) in [6.45, 7) is 9.83. The fourth-order valence-electron chi connectivity index (χ4n) is 3.77. The van der Waals surface area contributed by atoms with Gasteiger partial charge in [0.1, 0.15) is 18.4 Å². The van der Waals surface area contributed by atoms with E-state index in [1.165, 1.54) is 17.0 Å². The number of amides is 2.